The molecule has 2 fully saturated rings. The second-order valence-electron chi connectivity index (χ2n) is 8.10. The standard InChI is InChI=1S/C20H25N5O3/c1-24-10-11-27-16-12-14(2-3-15(16)24)18-22-23-19(28-18)21-13-17(26)25-8-6-20(4-5-20)7-9-25/h2-3,12H,4-11,13H2,1H3,(H,21,23). The molecular formula is C20H25N5O3. The number of carbonyl (C=O) groups excluding carboxylic acids is 1. The summed E-state index contributed by atoms with van der Waals surface area (Å²) in [5.41, 5.74) is 2.42. The first-order chi connectivity index (χ1) is 13.6. The first kappa shape index (κ1) is 17.3. The van der Waals surface area contributed by atoms with Crippen LogP contribution in [0, 0.1) is 5.41 Å². The fourth-order valence-electron chi connectivity index (χ4n) is 4.07. The predicted octanol–water partition coefficient (Wildman–Crippen LogP) is 2.38. The van der Waals surface area contributed by atoms with E-state index in [1.165, 1.54) is 12.8 Å². The Morgan fingerprint density at radius 3 is 2.79 bits per heavy atom. The number of likely N-dealkylation sites (tertiary alicyclic amines) is 1. The molecule has 1 spiro atoms. The molecule has 3 heterocycles. The van der Waals surface area contributed by atoms with Crippen LogP contribution in [0.3, 0.4) is 0 Å². The van der Waals surface area contributed by atoms with Crippen molar-refractivity contribution in [3.8, 4) is 17.2 Å². The van der Waals surface area contributed by atoms with Crippen LogP contribution in [0.4, 0.5) is 11.7 Å². The Bertz CT molecular complexity index is 882. The van der Waals surface area contributed by atoms with E-state index in [2.05, 4.69) is 20.4 Å². The van der Waals surface area contributed by atoms with Gasteiger partial charge in [0.1, 0.15) is 12.4 Å². The number of piperidine rings is 1. The van der Waals surface area contributed by atoms with Gasteiger partial charge in [0.05, 0.1) is 18.8 Å². The Morgan fingerprint density at radius 2 is 2.00 bits per heavy atom. The van der Waals surface area contributed by atoms with Crippen molar-refractivity contribution in [3.05, 3.63) is 18.2 Å². The molecule has 8 heteroatoms. The summed E-state index contributed by atoms with van der Waals surface area (Å²) in [5, 5.41) is 11.1. The molecule has 0 radical (unpaired) electrons. The molecule has 5 rings (SSSR count). The van der Waals surface area contributed by atoms with Gasteiger partial charge in [0.25, 0.3) is 0 Å². The van der Waals surface area contributed by atoms with Gasteiger partial charge in [-0.1, -0.05) is 5.10 Å². The van der Waals surface area contributed by atoms with Gasteiger partial charge in [0.2, 0.25) is 11.8 Å². The summed E-state index contributed by atoms with van der Waals surface area (Å²) in [6.45, 7) is 3.42. The molecule has 0 unspecified atom stereocenters. The van der Waals surface area contributed by atoms with Crippen molar-refractivity contribution in [2.75, 3.05) is 50.1 Å². The van der Waals surface area contributed by atoms with E-state index in [-0.39, 0.29) is 18.5 Å². The second-order valence-corrected chi connectivity index (χ2v) is 8.10. The summed E-state index contributed by atoms with van der Waals surface area (Å²) in [6.07, 6.45) is 4.95. The topological polar surface area (TPSA) is 83.7 Å². The van der Waals surface area contributed by atoms with Crippen molar-refractivity contribution in [3.63, 3.8) is 0 Å². The number of amides is 1. The second kappa shape index (κ2) is 6.68. The van der Waals surface area contributed by atoms with Gasteiger partial charge in [-0.25, -0.2) is 0 Å². The normalized spacial score (nSPS) is 19.9. The lowest BCUT2D eigenvalue weighted by Gasteiger charge is -2.32. The fraction of sp³-hybridized carbons (Fsp3) is 0.550. The Balaban J connectivity index is 1.20. The Labute approximate surface area is 163 Å². The summed E-state index contributed by atoms with van der Waals surface area (Å²) < 4.78 is 11.4. The monoisotopic (exact) mass is 383 g/mol. The highest BCUT2D eigenvalue weighted by Crippen LogP contribution is 2.53. The molecule has 2 aliphatic heterocycles. The highest BCUT2D eigenvalue weighted by Gasteiger charge is 2.44. The van der Waals surface area contributed by atoms with Crippen LogP contribution in [0.15, 0.2) is 22.6 Å². The number of hydrogen-bond donors (Lipinski definition) is 1. The molecule has 0 atom stereocenters. The fourth-order valence-corrected chi connectivity index (χ4v) is 4.07. The zero-order valence-electron chi connectivity index (χ0n) is 16.1. The molecule has 3 aliphatic rings. The number of hydrogen-bond acceptors (Lipinski definition) is 7. The van der Waals surface area contributed by atoms with E-state index in [1.54, 1.807) is 0 Å². The van der Waals surface area contributed by atoms with Crippen LogP contribution in [0.25, 0.3) is 11.5 Å². The number of nitrogens with one attached hydrogen (secondary N) is 1. The summed E-state index contributed by atoms with van der Waals surface area (Å²) in [4.78, 5) is 16.5. The molecule has 1 saturated carbocycles. The molecule has 28 heavy (non-hydrogen) atoms. The van der Waals surface area contributed by atoms with Gasteiger partial charge >= 0.3 is 6.01 Å². The number of nitrogens with zero attached hydrogens (tertiary/aromatic N) is 4. The third-order valence-electron chi connectivity index (χ3n) is 6.25. The van der Waals surface area contributed by atoms with Crippen LogP contribution < -0.4 is 15.0 Å². The summed E-state index contributed by atoms with van der Waals surface area (Å²) >= 11 is 0. The van der Waals surface area contributed by atoms with Crippen LogP contribution in [0.2, 0.25) is 0 Å². The molecule has 1 amide bonds. The zero-order chi connectivity index (χ0) is 19.1. The molecule has 1 aliphatic carbocycles. The lowest BCUT2D eigenvalue weighted by Crippen LogP contribution is -2.41. The van der Waals surface area contributed by atoms with Gasteiger partial charge in [-0.3, -0.25) is 4.79 Å². The van der Waals surface area contributed by atoms with Gasteiger partial charge in [0.15, 0.2) is 0 Å². The van der Waals surface area contributed by atoms with Crippen LogP contribution in [-0.4, -0.2) is 60.8 Å². The van der Waals surface area contributed by atoms with E-state index in [0.717, 1.165) is 49.5 Å². The van der Waals surface area contributed by atoms with Crippen molar-refractivity contribution in [2.45, 2.75) is 25.7 Å². The Hall–Kier alpha value is -2.77. The highest BCUT2D eigenvalue weighted by molar-refractivity contribution is 5.80. The summed E-state index contributed by atoms with van der Waals surface area (Å²) in [6, 6.07) is 6.10. The van der Waals surface area contributed by atoms with E-state index >= 15 is 0 Å². The van der Waals surface area contributed by atoms with E-state index in [0.29, 0.717) is 17.9 Å². The van der Waals surface area contributed by atoms with Crippen molar-refractivity contribution in [1.29, 1.82) is 0 Å². The third-order valence-corrected chi connectivity index (χ3v) is 6.25. The van der Waals surface area contributed by atoms with E-state index in [1.807, 2.05) is 30.1 Å². The number of aromatic nitrogens is 2. The largest absolute Gasteiger partial charge is 0.490 e. The first-order valence-electron chi connectivity index (χ1n) is 9.95. The minimum Gasteiger partial charge on any atom is -0.490 e. The smallest absolute Gasteiger partial charge is 0.316 e. The molecule has 2 aromatic rings. The number of rotatable bonds is 4. The minimum absolute atomic E-state index is 0.0838. The van der Waals surface area contributed by atoms with Gasteiger partial charge in [-0.15, -0.1) is 5.10 Å². The molecule has 1 saturated heterocycles. The van der Waals surface area contributed by atoms with E-state index in [9.17, 15) is 4.79 Å². The minimum atomic E-state index is 0.0838. The number of fused-ring (bicyclic) bond motifs is 1. The molecular weight excluding hydrogens is 358 g/mol. The average Bonchev–Trinajstić information content (AvgIpc) is 3.29. The number of benzene rings is 1. The first-order valence-corrected chi connectivity index (χ1v) is 9.95. The molecule has 0 bridgehead atoms. The Kier molecular flexibility index (Phi) is 4.14. The van der Waals surface area contributed by atoms with Crippen LogP contribution in [-0.2, 0) is 4.79 Å². The number of likely N-dealkylation sites (N-methyl/N-ethyl adjacent to an activating group) is 1. The molecule has 1 aromatic carbocycles. The van der Waals surface area contributed by atoms with Crippen molar-refractivity contribution < 1.29 is 13.9 Å². The third kappa shape index (κ3) is 3.27. The molecule has 1 aromatic heterocycles. The number of carbonyl (C=O) groups is 1. The van der Waals surface area contributed by atoms with E-state index in [4.69, 9.17) is 9.15 Å². The predicted molar refractivity (Wildman–Crippen MR) is 104 cm³/mol. The summed E-state index contributed by atoms with van der Waals surface area (Å²) in [7, 11) is 2.04. The van der Waals surface area contributed by atoms with Crippen LogP contribution in [0.1, 0.15) is 25.7 Å². The van der Waals surface area contributed by atoms with Crippen molar-refractivity contribution in [2.24, 2.45) is 5.41 Å². The van der Waals surface area contributed by atoms with Crippen molar-refractivity contribution in [1.82, 2.24) is 15.1 Å². The van der Waals surface area contributed by atoms with Gasteiger partial charge in [-0.2, -0.15) is 0 Å². The SMILES string of the molecule is CN1CCOc2cc(-c3nnc(NCC(=O)N4CCC5(CC4)CC5)o3)ccc21. The Morgan fingerprint density at radius 1 is 1.18 bits per heavy atom. The molecule has 148 valence electrons. The van der Waals surface area contributed by atoms with Crippen molar-refractivity contribution >= 4 is 17.6 Å². The number of ether oxygens (including phenoxy) is 1. The maximum atomic E-state index is 12.4. The molecule has 1 N–H and O–H groups in total. The average molecular weight is 383 g/mol. The van der Waals surface area contributed by atoms with Gasteiger partial charge < -0.3 is 24.3 Å². The lowest BCUT2D eigenvalue weighted by molar-refractivity contribution is -0.130. The highest BCUT2D eigenvalue weighted by atomic mass is 16.5. The van der Waals surface area contributed by atoms with Crippen LogP contribution >= 0.6 is 0 Å². The van der Waals surface area contributed by atoms with Gasteiger partial charge in [-0.05, 0) is 49.3 Å². The summed E-state index contributed by atoms with van der Waals surface area (Å²) in [5.74, 6) is 1.30. The lowest BCUT2D eigenvalue weighted by atomic mass is 9.94. The van der Waals surface area contributed by atoms with Gasteiger partial charge in [0, 0.05) is 25.7 Å². The maximum absolute atomic E-state index is 12.4. The number of anilines is 2. The zero-order valence-corrected chi connectivity index (χ0v) is 16.1. The maximum Gasteiger partial charge on any atom is 0.316 e. The van der Waals surface area contributed by atoms with Crippen LogP contribution in [0.5, 0.6) is 5.75 Å². The molecule has 8 nitrogen and oxygen atoms in total. The van der Waals surface area contributed by atoms with E-state index < -0.39 is 0 Å². The quantitative estimate of drug-likeness (QED) is 0.868.